The van der Waals surface area contributed by atoms with Gasteiger partial charge < -0.3 is 15.4 Å². The van der Waals surface area contributed by atoms with E-state index in [1.165, 1.54) is 22.1 Å². The molecule has 3 N–H and O–H groups in total. The number of nitrogens with zero attached hydrogens (tertiary/aromatic N) is 1. The van der Waals surface area contributed by atoms with Gasteiger partial charge in [-0.15, -0.1) is 12.4 Å². The Morgan fingerprint density at radius 2 is 2.27 bits per heavy atom. The quantitative estimate of drug-likeness (QED) is 0.768. The summed E-state index contributed by atoms with van der Waals surface area (Å²) in [5.74, 6) is -0.182. The molecule has 4 rings (SSSR count). The lowest BCUT2D eigenvalue weighted by Gasteiger charge is -2.39. The van der Waals surface area contributed by atoms with Crippen LogP contribution in [0.1, 0.15) is 24.5 Å². The summed E-state index contributed by atoms with van der Waals surface area (Å²) in [7, 11) is 2.10. The fourth-order valence-corrected chi connectivity index (χ4v) is 4.20. The summed E-state index contributed by atoms with van der Waals surface area (Å²) in [6.45, 7) is 2.66. The van der Waals surface area contributed by atoms with Gasteiger partial charge in [-0.1, -0.05) is 25.1 Å². The highest BCUT2D eigenvalue weighted by Gasteiger charge is 2.35. The number of hydrogen-bond donors (Lipinski definition) is 3. The van der Waals surface area contributed by atoms with Crippen molar-refractivity contribution < 1.29 is 9.90 Å². The van der Waals surface area contributed by atoms with Crippen molar-refractivity contribution in [1.29, 1.82) is 0 Å². The Morgan fingerprint density at radius 1 is 1.46 bits per heavy atom. The zero-order valence-corrected chi connectivity index (χ0v) is 16.0. The molecule has 5 nitrogen and oxygen atoms in total. The number of aromatic nitrogens is 1. The zero-order chi connectivity index (χ0) is 17.6. The molecule has 0 saturated carbocycles. The van der Waals surface area contributed by atoms with Crippen LogP contribution in [0.25, 0.3) is 16.5 Å². The van der Waals surface area contributed by atoms with Gasteiger partial charge in [0, 0.05) is 29.7 Å². The molecule has 0 saturated heterocycles. The lowest BCUT2D eigenvalue weighted by atomic mass is 9.80. The molecule has 0 bridgehead atoms. The third-order valence-electron chi connectivity index (χ3n) is 5.66. The number of carbonyl (C=O) groups excluding carboxylic acids is 1. The number of carbonyl (C=O) groups is 1. The summed E-state index contributed by atoms with van der Waals surface area (Å²) in [5.41, 5.74) is 5.01. The summed E-state index contributed by atoms with van der Waals surface area (Å²) < 4.78 is 0. The van der Waals surface area contributed by atoms with E-state index < -0.39 is 0 Å². The molecule has 2 aromatic rings. The van der Waals surface area contributed by atoms with Crippen molar-refractivity contribution in [1.82, 2.24) is 15.2 Å². The van der Waals surface area contributed by atoms with Crippen LogP contribution in [0.4, 0.5) is 0 Å². The summed E-state index contributed by atoms with van der Waals surface area (Å²) in [4.78, 5) is 18.3. The molecular formula is C20H26ClN3O2. The van der Waals surface area contributed by atoms with Crippen LogP contribution in [-0.2, 0) is 11.2 Å². The van der Waals surface area contributed by atoms with Crippen molar-refractivity contribution in [2.24, 2.45) is 5.92 Å². The number of aliphatic hydroxyl groups is 1. The van der Waals surface area contributed by atoms with Gasteiger partial charge in [-0.2, -0.15) is 0 Å². The number of amides is 1. The third-order valence-corrected chi connectivity index (χ3v) is 5.66. The molecule has 0 fully saturated rings. The number of aromatic amines is 1. The predicted molar refractivity (Wildman–Crippen MR) is 106 cm³/mol. The molecule has 3 atom stereocenters. The van der Waals surface area contributed by atoms with Gasteiger partial charge in [-0.3, -0.25) is 9.69 Å². The monoisotopic (exact) mass is 375 g/mol. The van der Waals surface area contributed by atoms with Crippen LogP contribution in [0.5, 0.6) is 0 Å². The third kappa shape index (κ3) is 3.04. The van der Waals surface area contributed by atoms with Gasteiger partial charge in [0.1, 0.15) is 0 Å². The second kappa shape index (κ2) is 7.43. The SMILES string of the molecule is CCC(CO)NC(=O)[C@@H]1C=C2c3cccc4[nH]cc(c34)C[C@H]2N(C)C1.Cl. The van der Waals surface area contributed by atoms with E-state index in [-0.39, 0.29) is 36.9 Å². The number of aliphatic hydroxyl groups excluding tert-OH is 1. The maximum Gasteiger partial charge on any atom is 0.228 e. The first-order valence-electron chi connectivity index (χ1n) is 9.05. The van der Waals surface area contributed by atoms with E-state index in [4.69, 9.17) is 0 Å². The van der Waals surface area contributed by atoms with Crippen molar-refractivity contribution in [2.75, 3.05) is 20.2 Å². The number of likely N-dealkylation sites (N-methyl/N-ethyl adjacent to an activating group) is 1. The highest BCUT2D eigenvalue weighted by Crippen LogP contribution is 2.40. The molecule has 1 amide bonds. The van der Waals surface area contributed by atoms with Crippen LogP contribution in [-0.4, -0.2) is 53.2 Å². The maximum atomic E-state index is 12.7. The average Bonchev–Trinajstić information content (AvgIpc) is 3.04. The Hall–Kier alpha value is -1.82. The number of halogens is 1. The van der Waals surface area contributed by atoms with E-state index in [9.17, 15) is 9.90 Å². The highest BCUT2D eigenvalue weighted by atomic mass is 35.5. The lowest BCUT2D eigenvalue weighted by Crippen LogP contribution is -2.48. The summed E-state index contributed by atoms with van der Waals surface area (Å²) in [6.07, 6.45) is 5.97. The van der Waals surface area contributed by atoms with Crippen LogP contribution >= 0.6 is 12.4 Å². The first kappa shape index (κ1) is 19.0. The van der Waals surface area contributed by atoms with E-state index >= 15 is 0 Å². The Bertz CT molecular complexity index is 841. The standard InChI is InChI=1S/C20H25N3O2.ClH/c1-3-14(11-24)22-20(25)13-7-16-15-5-4-6-17-19(15)12(9-21-17)8-18(16)23(2)10-13;/h4-7,9,13-14,18,21,24H,3,8,10-11H2,1-2H3,(H,22,25);1H/t13-,14?,18-;/m1./s1. The van der Waals surface area contributed by atoms with Crippen LogP contribution in [0.3, 0.4) is 0 Å². The molecule has 26 heavy (non-hydrogen) atoms. The Balaban J connectivity index is 0.00000196. The Morgan fingerprint density at radius 3 is 3.00 bits per heavy atom. The van der Waals surface area contributed by atoms with Crippen LogP contribution in [0.2, 0.25) is 0 Å². The van der Waals surface area contributed by atoms with E-state index in [0.717, 1.165) is 18.4 Å². The highest BCUT2D eigenvalue weighted by molar-refractivity contribution is 5.99. The second-order valence-corrected chi connectivity index (χ2v) is 7.23. The van der Waals surface area contributed by atoms with Gasteiger partial charge in [0.05, 0.1) is 18.6 Å². The van der Waals surface area contributed by atoms with Gasteiger partial charge in [-0.05, 0) is 42.7 Å². The molecule has 1 aromatic heterocycles. The Kier molecular flexibility index (Phi) is 5.42. The van der Waals surface area contributed by atoms with Crippen molar-refractivity contribution in [3.8, 4) is 0 Å². The normalized spacial score (nSPS) is 23.0. The van der Waals surface area contributed by atoms with Gasteiger partial charge in [0.25, 0.3) is 0 Å². The number of H-pyrrole nitrogens is 1. The van der Waals surface area contributed by atoms with E-state index in [2.05, 4.69) is 52.7 Å². The predicted octanol–water partition coefficient (Wildman–Crippen LogP) is 2.35. The van der Waals surface area contributed by atoms with Crippen LogP contribution in [0.15, 0.2) is 30.5 Å². The van der Waals surface area contributed by atoms with Crippen LogP contribution in [0, 0.1) is 5.92 Å². The molecule has 6 heteroatoms. The van der Waals surface area contributed by atoms with E-state index in [1.54, 1.807) is 0 Å². The van der Waals surface area contributed by atoms with E-state index in [0.29, 0.717) is 12.6 Å². The fraction of sp³-hybridized carbons (Fsp3) is 0.450. The van der Waals surface area contributed by atoms with Gasteiger partial charge in [-0.25, -0.2) is 0 Å². The topological polar surface area (TPSA) is 68.4 Å². The average molecular weight is 376 g/mol. The van der Waals surface area contributed by atoms with Gasteiger partial charge >= 0.3 is 0 Å². The number of nitrogens with one attached hydrogen (secondary N) is 2. The summed E-state index contributed by atoms with van der Waals surface area (Å²) >= 11 is 0. The molecule has 1 unspecified atom stereocenters. The molecule has 2 heterocycles. The minimum atomic E-state index is -0.187. The van der Waals surface area contributed by atoms with E-state index in [1.807, 2.05) is 6.92 Å². The molecule has 1 aliphatic carbocycles. The Labute approximate surface area is 159 Å². The number of rotatable bonds is 4. The molecule has 0 spiro atoms. The summed E-state index contributed by atoms with van der Waals surface area (Å²) in [6, 6.07) is 6.49. The van der Waals surface area contributed by atoms with Crippen LogP contribution < -0.4 is 5.32 Å². The van der Waals surface area contributed by atoms with Crippen molar-refractivity contribution in [2.45, 2.75) is 31.8 Å². The molecule has 0 radical (unpaired) electrons. The number of benzene rings is 1. The minimum absolute atomic E-state index is 0. The molecule has 1 aromatic carbocycles. The first-order chi connectivity index (χ1) is 12.1. The summed E-state index contributed by atoms with van der Waals surface area (Å²) in [5, 5.41) is 13.6. The zero-order valence-electron chi connectivity index (χ0n) is 15.2. The van der Waals surface area contributed by atoms with Crippen molar-refractivity contribution in [3.63, 3.8) is 0 Å². The lowest BCUT2D eigenvalue weighted by molar-refractivity contribution is -0.125. The first-order valence-corrected chi connectivity index (χ1v) is 9.05. The largest absolute Gasteiger partial charge is 0.394 e. The smallest absolute Gasteiger partial charge is 0.228 e. The molecule has 140 valence electrons. The van der Waals surface area contributed by atoms with Crippen molar-refractivity contribution in [3.05, 3.63) is 41.6 Å². The fourth-order valence-electron chi connectivity index (χ4n) is 4.20. The molecule has 2 aliphatic rings. The van der Waals surface area contributed by atoms with Gasteiger partial charge in [0.15, 0.2) is 0 Å². The number of fused-ring (bicyclic) bond motifs is 2. The van der Waals surface area contributed by atoms with Gasteiger partial charge in [0.2, 0.25) is 5.91 Å². The second-order valence-electron chi connectivity index (χ2n) is 7.23. The molecule has 1 aliphatic heterocycles. The molecular weight excluding hydrogens is 350 g/mol. The maximum absolute atomic E-state index is 12.7. The number of hydrogen-bond acceptors (Lipinski definition) is 3. The van der Waals surface area contributed by atoms with Crippen molar-refractivity contribution >= 4 is 34.8 Å². The minimum Gasteiger partial charge on any atom is -0.394 e.